The average molecular weight is 316 g/mol. The molecule has 0 N–H and O–H groups in total. The summed E-state index contributed by atoms with van der Waals surface area (Å²) < 4.78 is 0. The Morgan fingerprint density at radius 1 is 1.50 bits per heavy atom. The molecule has 0 bridgehead atoms. The van der Waals surface area contributed by atoms with E-state index in [1.807, 2.05) is 18.2 Å². The quantitative estimate of drug-likeness (QED) is 0.314. The summed E-state index contributed by atoms with van der Waals surface area (Å²) in [4.78, 5) is 0. The zero-order valence-corrected chi connectivity index (χ0v) is 11.2. The van der Waals surface area contributed by atoms with Gasteiger partial charge >= 0.3 is 0 Å². The largest absolute Gasteiger partial charge is 0.103 e. The van der Waals surface area contributed by atoms with Crippen LogP contribution in [0, 0.1) is 11.2 Å². The normalized spacial score (nSPS) is 11.6. The molecule has 0 radical (unpaired) electrons. The lowest BCUT2D eigenvalue weighted by Gasteiger charge is -1.98. The molecule has 0 saturated heterocycles. The maximum absolute atomic E-state index is 3.71. The molecule has 0 aliphatic heterocycles. The number of allylic oxidation sites excluding steroid dienone is 6. The lowest BCUT2D eigenvalue weighted by Crippen LogP contribution is -1.81. The van der Waals surface area contributed by atoms with Gasteiger partial charge in [-0.15, -0.1) is 6.58 Å². The van der Waals surface area contributed by atoms with Crippen molar-refractivity contribution >= 4 is 30.1 Å². The van der Waals surface area contributed by atoms with Gasteiger partial charge in [-0.3, -0.25) is 0 Å². The van der Waals surface area contributed by atoms with Crippen molar-refractivity contribution in [1.82, 2.24) is 0 Å². The Kier molecular flexibility index (Phi) is 8.90. The fourth-order valence-electron chi connectivity index (χ4n) is 0.856. The van der Waals surface area contributed by atoms with E-state index in [-0.39, 0.29) is 0 Å². The van der Waals surface area contributed by atoms with E-state index in [2.05, 4.69) is 52.5 Å². The third-order valence-electron chi connectivity index (χ3n) is 1.53. The van der Waals surface area contributed by atoms with Crippen LogP contribution in [0.25, 0.3) is 0 Å². The Bertz CT molecular complexity index is 313. The highest BCUT2D eigenvalue weighted by Crippen LogP contribution is 2.12. The third kappa shape index (κ3) is 6.11. The molecule has 0 spiro atoms. The van der Waals surface area contributed by atoms with Gasteiger partial charge in [0, 0.05) is 26.8 Å². The van der Waals surface area contributed by atoms with Crippen molar-refractivity contribution in [2.24, 2.45) is 0 Å². The van der Waals surface area contributed by atoms with Crippen molar-refractivity contribution in [3.8, 4) is 11.2 Å². The van der Waals surface area contributed by atoms with Gasteiger partial charge in [0.25, 0.3) is 0 Å². The van der Waals surface area contributed by atoms with Crippen LogP contribution in [0.2, 0.25) is 0 Å². The van der Waals surface area contributed by atoms with Crippen LogP contribution in [0.3, 0.4) is 0 Å². The molecule has 0 aliphatic rings. The molecule has 0 aromatic heterocycles. The van der Waals surface area contributed by atoms with Crippen molar-refractivity contribution in [2.45, 2.75) is 13.3 Å². The number of hydrogen-bond acceptors (Lipinski definition) is 1. The minimum Gasteiger partial charge on any atom is -0.103 e. The summed E-state index contributed by atoms with van der Waals surface area (Å²) in [7, 11) is 1.49. The van der Waals surface area contributed by atoms with Crippen LogP contribution in [0.15, 0.2) is 48.6 Å². The van der Waals surface area contributed by atoms with E-state index in [9.17, 15) is 0 Å². The van der Waals surface area contributed by atoms with E-state index >= 15 is 0 Å². The highest BCUT2D eigenvalue weighted by Gasteiger charge is 1.93. The maximum Gasteiger partial charge on any atom is 0.0246 e. The third-order valence-corrected chi connectivity index (χ3v) is 2.37. The van der Waals surface area contributed by atoms with E-state index in [0.29, 0.717) is 0 Å². The number of halogens is 1. The summed E-state index contributed by atoms with van der Waals surface area (Å²) in [5.74, 6) is 3.09. The molecule has 14 heavy (non-hydrogen) atoms. The van der Waals surface area contributed by atoms with Crippen molar-refractivity contribution in [3.05, 3.63) is 48.6 Å². The molecule has 0 nitrogen and oxygen atoms in total. The van der Waals surface area contributed by atoms with Gasteiger partial charge in [-0.2, -0.15) is 0 Å². The van der Waals surface area contributed by atoms with Crippen molar-refractivity contribution in [1.29, 1.82) is 0 Å². The Balaban J connectivity index is 4.86. The van der Waals surface area contributed by atoms with E-state index in [1.165, 1.54) is 14.5 Å². The maximum atomic E-state index is 3.71. The van der Waals surface area contributed by atoms with Gasteiger partial charge in [0.05, 0.1) is 0 Å². The molecule has 0 aromatic rings. The molecule has 2 heteroatoms. The predicted molar refractivity (Wildman–Crippen MR) is 76.2 cm³/mol. The minimum absolute atomic E-state index is 0.872. The second-order valence-corrected chi connectivity index (χ2v) is 4.27. The topological polar surface area (TPSA) is 0 Å². The second-order valence-electron chi connectivity index (χ2n) is 2.59. The first-order valence-corrected chi connectivity index (χ1v) is 7.50. The monoisotopic (exact) mass is 316 g/mol. The fraction of sp³-hybridized carbons (Fsp3) is 0.167. The highest BCUT2D eigenvalue weighted by atomic mass is 127. The molecule has 0 aliphatic carbocycles. The van der Waals surface area contributed by atoms with Crippen molar-refractivity contribution in [3.63, 3.8) is 0 Å². The average Bonchev–Trinajstić information content (AvgIpc) is 2.18. The summed E-state index contributed by atoms with van der Waals surface area (Å²) in [6, 6.07) is 0. The molecule has 0 fully saturated rings. The number of rotatable bonds is 4. The van der Waals surface area contributed by atoms with Gasteiger partial charge in [-0.1, -0.05) is 36.3 Å². The standard InChI is InChI=1S/C12H13IS/c1-4-6-8-12(9-10-14-13)11(3)7-5-2/h4-6,8H,1-2,7H2,3H3/b8-6-,12-11-. The molecule has 0 rings (SSSR count). The fourth-order valence-corrected chi connectivity index (χ4v) is 1.33. The Hall–Kier alpha value is -0.400. The molecule has 0 amide bonds. The van der Waals surface area contributed by atoms with Gasteiger partial charge in [0.1, 0.15) is 0 Å². The van der Waals surface area contributed by atoms with Gasteiger partial charge in [-0.25, -0.2) is 0 Å². The van der Waals surface area contributed by atoms with Crippen LogP contribution in [-0.4, -0.2) is 0 Å². The zero-order chi connectivity index (χ0) is 10.8. The molecular formula is C12H13IS. The van der Waals surface area contributed by atoms with Gasteiger partial charge < -0.3 is 0 Å². The molecule has 74 valence electrons. The Labute approximate surface area is 103 Å². The minimum atomic E-state index is 0.872. The summed E-state index contributed by atoms with van der Waals surface area (Å²) in [5.41, 5.74) is 2.28. The zero-order valence-electron chi connectivity index (χ0n) is 8.22. The van der Waals surface area contributed by atoms with Crippen LogP contribution >= 0.6 is 30.1 Å². The highest BCUT2D eigenvalue weighted by molar-refractivity contribution is 14.2. The van der Waals surface area contributed by atoms with Crippen LogP contribution in [-0.2, 0) is 0 Å². The van der Waals surface area contributed by atoms with Crippen LogP contribution < -0.4 is 0 Å². The smallest absolute Gasteiger partial charge is 0.0246 e. The van der Waals surface area contributed by atoms with Crippen LogP contribution in [0.4, 0.5) is 0 Å². The Morgan fingerprint density at radius 2 is 2.21 bits per heavy atom. The predicted octanol–water partition coefficient (Wildman–Crippen LogP) is 4.67. The summed E-state index contributed by atoms with van der Waals surface area (Å²) in [5, 5.41) is 2.97. The Morgan fingerprint density at radius 3 is 2.71 bits per heavy atom. The molecular weight excluding hydrogens is 303 g/mol. The molecule has 0 aromatic carbocycles. The van der Waals surface area contributed by atoms with E-state index in [0.717, 1.165) is 12.0 Å². The van der Waals surface area contributed by atoms with Crippen LogP contribution in [0.5, 0.6) is 0 Å². The van der Waals surface area contributed by atoms with E-state index in [4.69, 9.17) is 0 Å². The molecule has 0 saturated carbocycles. The van der Waals surface area contributed by atoms with Gasteiger partial charge in [0.2, 0.25) is 0 Å². The first-order chi connectivity index (χ1) is 6.76. The first kappa shape index (κ1) is 13.6. The SMILES string of the molecule is C=C/C=C\C(C#CSI)=C(/C)CC=C. The summed E-state index contributed by atoms with van der Waals surface area (Å²) >= 11 is 2.16. The number of hydrogen-bond donors (Lipinski definition) is 0. The van der Waals surface area contributed by atoms with E-state index in [1.54, 1.807) is 6.08 Å². The summed E-state index contributed by atoms with van der Waals surface area (Å²) in [6.07, 6.45) is 8.38. The summed E-state index contributed by atoms with van der Waals surface area (Å²) in [6.45, 7) is 9.41. The lowest BCUT2D eigenvalue weighted by molar-refractivity contribution is 1.20. The second kappa shape index (κ2) is 9.17. The van der Waals surface area contributed by atoms with Crippen molar-refractivity contribution < 1.29 is 0 Å². The van der Waals surface area contributed by atoms with Crippen molar-refractivity contribution in [2.75, 3.05) is 0 Å². The van der Waals surface area contributed by atoms with Gasteiger partial charge in [-0.05, 0) is 33.6 Å². The van der Waals surface area contributed by atoms with E-state index < -0.39 is 0 Å². The first-order valence-electron chi connectivity index (χ1n) is 4.14. The molecule has 0 unspecified atom stereocenters. The molecule has 0 heterocycles. The lowest BCUT2D eigenvalue weighted by atomic mass is 10.1. The van der Waals surface area contributed by atoms with Gasteiger partial charge in [0.15, 0.2) is 0 Å². The molecule has 0 atom stereocenters. The van der Waals surface area contributed by atoms with Crippen LogP contribution in [0.1, 0.15) is 13.3 Å².